The maximum absolute atomic E-state index is 12.0. The lowest BCUT2D eigenvalue weighted by atomic mass is 10.0. The van der Waals surface area contributed by atoms with Gasteiger partial charge in [0.25, 0.3) is 5.91 Å². The highest BCUT2D eigenvalue weighted by atomic mass is 35.5. The van der Waals surface area contributed by atoms with Gasteiger partial charge in [-0.05, 0) is 31.0 Å². The van der Waals surface area contributed by atoms with Crippen LogP contribution in [0.5, 0.6) is 5.75 Å². The first-order valence-corrected chi connectivity index (χ1v) is 8.27. The summed E-state index contributed by atoms with van der Waals surface area (Å²) in [5.74, 6) is -0.0149. The molecule has 0 atom stereocenters. The smallest absolute Gasteiger partial charge is 0.258 e. The molecule has 1 aromatic carbocycles. The Balaban J connectivity index is 1.74. The van der Waals surface area contributed by atoms with Crippen LogP contribution in [0.1, 0.15) is 19.3 Å². The summed E-state index contributed by atoms with van der Waals surface area (Å²) in [4.78, 5) is 25.2. The maximum atomic E-state index is 12.0. The lowest BCUT2D eigenvalue weighted by Crippen LogP contribution is -2.47. The molecule has 1 aliphatic heterocycles. The van der Waals surface area contributed by atoms with E-state index in [4.69, 9.17) is 33.2 Å². The molecule has 6 nitrogen and oxygen atoms in total. The molecule has 0 radical (unpaired) electrons. The molecule has 0 bridgehead atoms. The van der Waals surface area contributed by atoms with Gasteiger partial charge in [-0.3, -0.25) is 9.59 Å². The Hall–Kier alpha value is -1.97. The fourth-order valence-electron chi connectivity index (χ4n) is 2.46. The van der Waals surface area contributed by atoms with E-state index in [9.17, 15) is 9.59 Å². The fourth-order valence-corrected chi connectivity index (χ4v) is 2.92. The van der Waals surface area contributed by atoms with E-state index in [1.54, 1.807) is 23.1 Å². The molecule has 1 aliphatic rings. The highest BCUT2D eigenvalue weighted by molar-refractivity contribution is 6.35. The third-order valence-electron chi connectivity index (χ3n) is 3.70. The lowest BCUT2D eigenvalue weighted by Gasteiger charge is -2.32. The summed E-state index contributed by atoms with van der Waals surface area (Å²) in [6, 6.07) is 6.63. The zero-order valence-electron chi connectivity index (χ0n) is 12.9. The van der Waals surface area contributed by atoms with Gasteiger partial charge in [-0.1, -0.05) is 23.2 Å². The van der Waals surface area contributed by atoms with Crippen LogP contribution in [-0.4, -0.2) is 42.5 Å². The third kappa shape index (κ3) is 5.29. The number of nitrogens with one attached hydrogen (secondary N) is 1. The van der Waals surface area contributed by atoms with Gasteiger partial charge >= 0.3 is 0 Å². The number of rotatable bonds is 5. The summed E-state index contributed by atoms with van der Waals surface area (Å²) in [6.45, 7) is 0.930. The van der Waals surface area contributed by atoms with Crippen LogP contribution in [0.4, 0.5) is 0 Å². The van der Waals surface area contributed by atoms with Gasteiger partial charge < -0.3 is 15.0 Å². The minimum atomic E-state index is -0.247. The highest BCUT2D eigenvalue weighted by Crippen LogP contribution is 2.27. The van der Waals surface area contributed by atoms with Crippen molar-refractivity contribution in [3.63, 3.8) is 0 Å². The Morgan fingerprint density at radius 2 is 2.04 bits per heavy atom. The number of piperidine rings is 1. The monoisotopic (exact) mass is 369 g/mol. The molecule has 0 unspecified atom stereocenters. The van der Waals surface area contributed by atoms with Crippen LogP contribution in [0.15, 0.2) is 18.2 Å². The molecule has 1 N–H and O–H groups in total. The van der Waals surface area contributed by atoms with Crippen molar-refractivity contribution in [1.82, 2.24) is 10.2 Å². The fraction of sp³-hybridized carbons (Fsp3) is 0.438. The largest absolute Gasteiger partial charge is 0.482 e. The van der Waals surface area contributed by atoms with E-state index in [1.807, 2.05) is 6.07 Å². The van der Waals surface area contributed by atoms with E-state index in [-0.39, 0.29) is 30.9 Å². The number of carbonyl (C=O) groups excluding carboxylic acids is 2. The predicted molar refractivity (Wildman–Crippen MR) is 89.9 cm³/mol. The zero-order chi connectivity index (χ0) is 17.5. The molecule has 2 rings (SSSR count). The van der Waals surface area contributed by atoms with E-state index >= 15 is 0 Å². The van der Waals surface area contributed by atoms with Crippen LogP contribution in [0.2, 0.25) is 10.0 Å². The van der Waals surface area contributed by atoms with Crippen molar-refractivity contribution in [2.75, 3.05) is 19.7 Å². The summed E-state index contributed by atoms with van der Waals surface area (Å²) in [5, 5.41) is 12.3. The van der Waals surface area contributed by atoms with Gasteiger partial charge in [0, 0.05) is 24.2 Å². The first kappa shape index (κ1) is 18.4. The minimum absolute atomic E-state index is 0.00655. The Labute approximate surface area is 150 Å². The number of likely N-dealkylation sites (tertiary alicyclic amines) is 1. The molecular formula is C16H17Cl2N3O3. The van der Waals surface area contributed by atoms with Crippen LogP contribution in [0.25, 0.3) is 0 Å². The van der Waals surface area contributed by atoms with Gasteiger partial charge in [-0.15, -0.1) is 0 Å². The molecule has 8 heteroatoms. The number of benzene rings is 1. The minimum Gasteiger partial charge on any atom is -0.482 e. The van der Waals surface area contributed by atoms with Gasteiger partial charge in [0.2, 0.25) is 5.91 Å². The second kappa shape index (κ2) is 8.76. The van der Waals surface area contributed by atoms with Crippen LogP contribution < -0.4 is 10.1 Å². The summed E-state index contributed by atoms with van der Waals surface area (Å²) in [5.41, 5.74) is 0. The second-order valence-corrected chi connectivity index (χ2v) is 6.26. The molecule has 0 saturated carbocycles. The van der Waals surface area contributed by atoms with Crippen molar-refractivity contribution in [3.8, 4) is 11.8 Å². The van der Waals surface area contributed by atoms with E-state index in [2.05, 4.69) is 5.32 Å². The number of nitriles is 1. The summed E-state index contributed by atoms with van der Waals surface area (Å²) < 4.78 is 5.38. The van der Waals surface area contributed by atoms with E-state index < -0.39 is 0 Å². The first-order chi connectivity index (χ1) is 11.5. The van der Waals surface area contributed by atoms with Crippen molar-refractivity contribution < 1.29 is 14.3 Å². The SMILES string of the molecule is N#CCC(=O)N1CCC(NC(=O)COc2ccc(Cl)cc2Cl)CC1. The molecule has 128 valence electrons. The number of ether oxygens (including phenoxy) is 1. The summed E-state index contributed by atoms with van der Waals surface area (Å²) in [6.07, 6.45) is 1.21. The average molecular weight is 370 g/mol. The Morgan fingerprint density at radius 1 is 1.33 bits per heavy atom. The average Bonchev–Trinajstić information content (AvgIpc) is 2.55. The van der Waals surface area contributed by atoms with Crippen LogP contribution in [0, 0.1) is 11.3 Å². The summed E-state index contributed by atoms with van der Waals surface area (Å²) >= 11 is 11.8. The Kier molecular flexibility index (Phi) is 6.71. The molecule has 0 spiro atoms. The van der Waals surface area contributed by atoms with Crippen molar-refractivity contribution in [2.24, 2.45) is 0 Å². The van der Waals surface area contributed by atoms with Crippen molar-refractivity contribution in [1.29, 1.82) is 5.26 Å². The number of hydrogen-bond acceptors (Lipinski definition) is 4. The molecule has 24 heavy (non-hydrogen) atoms. The van der Waals surface area contributed by atoms with Gasteiger partial charge in [-0.2, -0.15) is 5.26 Å². The molecule has 1 aromatic rings. The van der Waals surface area contributed by atoms with E-state index in [0.717, 1.165) is 0 Å². The number of carbonyl (C=O) groups is 2. The molecule has 1 fully saturated rings. The van der Waals surface area contributed by atoms with Gasteiger partial charge in [-0.25, -0.2) is 0 Å². The number of amides is 2. The van der Waals surface area contributed by atoms with Crippen molar-refractivity contribution in [2.45, 2.75) is 25.3 Å². The van der Waals surface area contributed by atoms with Crippen molar-refractivity contribution >= 4 is 35.0 Å². The van der Waals surface area contributed by atoms with Gasteiger partial charge in [0.05, 0.1) is 11.1 Å². The first-order valence-electron chi connectivity index (χ1n) is 7.51. The molecule has 0 aromatic heterocycles. The third-order valence-corrected chi connectivity index (χ3v) is 4.23. The highest BCUT2D eigenvalue weighted by Gasteiger charge is 2.23. The summed E-state index contributed by atoms with van der Waals surface area (Å²) in [7, 11) is 0. The topological polar surface area (TPSA) is 82.4 Å². The quantitative estimate of drug-likeness (QED) is 0.863. The Morgan fingerprint density at radius 3 is 2.67 bits per heavy atom. The molecule has 1 saturated heterocycles. The normalized spacial score (nSPS) is 14.8. The van der Waals surface area contributed by atoms with E-state index in [0.29, 0.717) is 41.7 Å². The number of nitrogens with zero attached hydrogens (tertiary/aromatic N) is 2. The van der Waals surface area contributed by atoms with E-state index in [1.165, 1.54) is 0 Å². The Bertz CT molecular complexity index is 652. The maximum Gasteiger partial charge on any atom is 0.258 e. The molecular weight excluding hydrogens is 353 g/mol. The number of halogens is 2. The molecule has 0 aliphatic carbocycles. The van der Waals surface area contributed by atoms with Crippen LogP contribution >= 0.6 is 23.2 Å². The van der Waals surface area contributed by atoms with Crippen LogP contribution in [-0.2, 0) is 9.59 Å². The number of hydrogen-bond donors (Lipinski definition) is 1. The molecule has 1 heterocycles. The second-order valence-electron chi connectivity index (χ2n) is 5.42. The molecule has 2 amide bonds. The predicted octanol–water partition coefficient (Wildman–Crippen LogP) is 2.39. The van der Waals surface area contributed by atoms with Gasteiger partial charge in [0.15, 0.2) is 6.61 Å². The standard InChI is InChI=1S/C16H17Cl2N3O3/c17-11-1-2-14(13(18)9-11)24-10-15(22)20-12-4-7-21(8-5-12)16(23)3-6-19/h1-2,9,12H,3-5,7-8,10H2,(H,20,22). The van der Waals surface area contributed by atoms with Gasteiger partial charge in [0.1, 0.15) is 12.2 Å². The van der Waals surface area contributed by atoms with Crippen molar-refractivity contribution in [3.05, 3.63) is 28.2 Å². The zero-order valence-corrected chi connectivity index (χ0v) is 14.4. The van der Waals surface area contributed by atoms with Crippen LogP contribution in [0.3, 0.4) is 0 Å². The lowest BCUT2D eigenvalue weighted by molar-refractivity contribution is -0.131.